The molecule has 0 aromatic heterocycles. The monoisotopic (exact) mass is 212 g/mol. The van der Waals surface area contributed by atoms with Gasteiger partial charge in [-0.05, 0) is 37.8 Å². The summed E-state index contributed by atoms with van der Waals surface area (Å²) < 4.78 is 0. The molecule has 0 aliphatic carbocycles. The number of carbonyl (C=O) groups is 1. The van der Waals surface area contributed by atoms with Gasteiger partial charge in [0.15, 0.2) is 0 Å². The van der Waals surface area contributed by atoms with Crippen LogP contribution in [0.3, 0.4) is 0 Å². The molecule has 3 heteroatoms. The van der Waals surface area contributed by atoms with Crippen LogP contribution < -0.4 is 10.6 Å². The first-order chi connectivity index (χ1) is 7.05. The quantitative estimate of drug-likeness (QED) is 0.742. The second-order valence-corrected chi connectivity index (χ2v) is 5.26. The van der Waals surface area contributed by atoms with Gasteiger partial charge >= 0.3 is 0 Å². The third-order valence-electron chi connectivity index (χ3n) is 3.41. The van der Waals surface area contributed by atoms with Crippen LogP contribution in [0.1, 0.15) is 40.0 Å². The van der Waals surface area contributed by atoms with Crippen molar-refractivity contribution in [3.8, 4) is 0 Å². The molecule has 1 saturated heterocycles. The summed E-state index contributed by atoms with van der Waals surface area (Å²) >= 11 is 0. The van der Waals surface area contributed by atoms with Gasteiger partial charge in [0.05, 0.1) is 0 Å². The van der Waals surface area contributed by atoms with E-state index in [1.54, 1.807) is 0 Å². The first-order valence-corrected chi connectivity index (χ1v) is 6.03. The molecule has 0 aromatic carbocycles. The Morgan fingerprint density at radius 3 is 2.53 bits per heavy atom. The molecular weight excluding hydrogens is 188 g/mol. The van der Waals surface area contributed by atoms with Crippen molar-refractivity contribution in [3.63, 3.8) is 0 Å². The normalized spacial score (nSPS) is 18.9. The SMILES string of the molecule is CCC(C)(C)CNC(=O)C1CCNCC1. The molecule has 1 fully saturated rings. The predicted octanol–water partition coefficient (Wildman–Crippen LogP) is 1.54. The summed E-state index contributed by atoms with van der Waals surface area (Å²) in [6.45, 7) is 9.30. The van der Waals surface area contributed by atoms with Crippen LogP contribution in [0, 0.1) is 11.3 Å². The summed E-state index contributed by atoms with van der Waals surface area (Å²) in [6, 6.07) is 0. The molecule has 0 unspecified atom stereocenters. The van der Waals surface area contributed by atoms with Crippen molar-refractivity contribution in [3.05, 3.63) is 0 Å². The first-order valence-electron chi connectivity index (χ1n) is 6.03. The first kappa shape index (κ1) is 12.5. The second kappa shape index (κ2) is 5.50. The van der Waals surface area contributed by atoms with E-state index >= 15 is 0 Å². The van der Waals surface area contributed by atoms with E-state index in [0.717, 1.165) is 38.9 Å². The Labute approximate surface area is 93.0 Å². The minimum absolute atomic E-state index is 0.225. The van der Waals surface area contributed by atoms with Crippen molar-refractivity contribution in [2.24, 2.45) is 11.3 Å². The highest BCUT2D eigenvalue weighted by Crippen LogP contribution is 2.18. The van der Waals surface area contributed by atoms with Crippen LogP contribution in [0.2, 0.25) is 0 Å². The molecule has 2 N–H and O–H groups in total. The van der Waals surface area contributed by atoms with Crippen LogP contribution in [0.5, 0.6) is 0 Å². The molecule has 1 aliphatic rings. The van der Waals surface area contributed by atoms with Gasteiger partial charge in [0.2, 0.25) is 5.91 Å². The van der Waals surface area contributed by atoms with Gasteiger partial charge in [-0.1, -0.05) is 20.8 Å². The highest BCUT2D eigenvalue weighted by atomic mass is 16.1. The average Bonchev–Trinajstić information content (AvgIpc) is 2.27. The van der Waals surface area contributed by atoms with Gasteiger partial charge < -0.3 is 10.6 Å². The molecule has 15 heavy (non-hydrogen) atoms. The van der Waals surface area contributed by atoms with Crippen LogP contribution in [0.15, 0.2) is 0 Å². The topological polar surface area (TPSA) is 41.1 Å². The van der Waals surface area contributed by atoms with Gasteiger partial charge in [0.25, 0.3) is 0 Å². The number of carbonyl (C=O) groups excluding carboxylic acids is 1. The maximum atomic E-state index is 11.8. The Hall–Kier alpha value is -0.570. The number of piperidine rings is 1. The van der Waals surface area contributed by atoms with Gasteiger partial charge in [0.1, 0.15) is 0 Å². The van der Waals surface area contributed by atoms with E-state index in [1.165, 1.54) is 0 Å². The van der Waals surface area contributed by atoms with Crippen LogP contribution in [-0.4, -0.2) is 25.5 Å². The molecule has 1 heterocycles. The molecule has 0 bridgehead atoms. The van der Waals surface area contributed by atoms with Crippen molar-refractivity contribution < 1.29 is 4.79 Å². The summed E-state index contributed by atoms with van der Waals surface area (Å²) in [5.74, 6) is 0.483. The van der Waals surface area contributed by atoms with Crippen molar-refractivity contribution in [1.82, 2.24) is 10.6 Å². The van der Waals surface area contributed by atoms with Gasteiger partial charge in [-0.3, -0.25) is 4.79 Å². The fourth-order valence-electron chi connectivity index (χ4n) is 1.68. The number of nitrogens with one attached hydrogen (secondary N) is 2. The molecule has 1 amide bonds. The van der Waals surface area contributed by atoms with Crippen molar-refractivity contribution >= 4 is 5.91 Å². The van der Waals surface area contributed by atoms with Crippen LogP contribution in [-0.2, 0) is 4.79 Å². The number of hydrogen-bond acceptors (Lipinski definition) is 2. The van der Waals surface area contributed by atoms with E-state index in [-0.39, 0.29) is 17.2 Å². The van der Waals surface area contributed by atoms with E-state index in [1.807, 2.05) is 0 Å². The lowest BCUT2D eigenvalue weighted by molar-refractivity contribution is -0.126. The Kier molecular flexibility index (Phi) is 4.58. The van der Waals surface area contributed by atoms with Crippen LogP contribution in [0.25, 0.3) is 0 Å². The second-order valence-electron chi connectivity index (χ2n) is 5.26. The Bertz CT molecular complexity index is 208. The molecular formula is C12H24N2O. The highest BCUT2D eigenvalue weighted by molar-refractivity contribution is 5.78. The van der Waals surface area contributed by atoms with Gasteiger partial charge in [-0.2, -0.15) is 0 Å². The van der Waals surface area contributed by atoms with Gasteiger partial charge in [-0.15, -0.1) is 0 Å². The lowest BCUT2D eigenvalue weighted by Crippen LogP contribution is -2.41. The van der Waals surface area contributed by atoms with Gasteiger partial charge in [0, 0.05) is 12.5 Å². The molecule has 88 valence electrons. The predicted molar refractivity (Wildman–Crippen MR) is 62.7 cm³/mol. The summed E-state index contributed by atoms with van der Waals surface area (Å²) in [5.41, 5.74) is 0.225. The number of amides is 1. The molecule has 0 atom stereocenters. The molecule has 0 radical (unpaired) electrons. The largest absolute Gasteiger partial charge is 0.355 e. The van der Waals surface area contributed by atoms with Crippen molar-refractivity contribution in [1.29, 1.82) is 0 Å². The number of rotatable bonds is 4. The molecule has 0 aromatic rings. The zero-order chi connectivity index (χ0) is 11.3. The van der Waals surface area contributed by atoms with E-state index < -0.39 is 0 Å². The third-order valence-corrected chi connectivity index (χ3v) is 3.41. The Morgan fingerprint density at radius 1 is 1.40 bits per heavy atom. The van der Waals surface area contributed by atoms with E-state index in [4.69, 9.17) is 0 Å². The average molecular weight is 212 g/mol. The summed E-state index contributed by atoms with van der Waals surface area (Å²) in [6.07, 6.45) is 3.07. The minimum Gasteiger partial charge on any atom is -0.355 e. The molecule has 0 spiro atoms. The molecule has 3 nitrogen and oxygen atoms in total. The Morgan fingerprint density at radius 2 is 2.00 bits per heavy atom. The third kappa shape index (κ3) is 4.20. The lowest BCUT2D eigenvalue weighted by atomic mass is 9.89. The Balaban J connectivity index is 2.28. The number of hydrogen-bond donors (Lipinski definition) is 2. The summed E-state index contributed by atoms with van der Waals surface area (Å²) in [4.78, 5) is 11.8. The summed E-state index contributed by atoms with van der Waals surface area (Å²) in [5, 5.41) is 6.35. The minimum atomic E-state index is 0.225. The highest BCUT2D eigenvalue weighted by Gasteiger charge is 2.23. The van der Waals surface area contributed by atoms with Crippen LogP contribution >= 0.6 is 0 Å². The molecule has 0 saturated carbocycles. The smallest absolute Gasteiger partial charge is 0.223 e. The van der Waals surface area contributed by atoms with Crippen molar-refractivity contribution in [2.75, 3.05) is 19.6 Å². The lowest BCUT2D eigenvalue weighted by Gasteiger charge is -2.26. The van der Waals surface area contributed by atoms with Crippen LogP contribution in [0.4, 0.5) is 0 Å². The maximum absolute atomic E-state index is 11.8. The molecule has 1 aliphatic heterocycles. The zero-order valence-corrected chi connectivity index (χ0v) is 10.2. The van der Waals surface area contributed by atoms with Crippen molar-refractivity contribution in [2.45, 2.75) is 40.0 Å². The standard InChI is InChI=1S/C12H24N2O/c1-4-12(2,3)9-14-11(15)10-5-7-13-8-6-10/h10,13H,4-9H2,1-3H3,(H,14,15). The van der Waals surface area contributed by atoms with E-state index in [9.17, 15) is 4.79 Å². The van der Waals surface area contributed by atoms with Gasteiger partial charge in [-0.25, -0.2) is 0 Å². The zero-order valence-electron chi connectivity index (χ0n) is 10.2. The van der Waals surface area contributed by atoms with E-state index in [2.05, 4.69) is 31.4 Å². The summed E-state index contributed by atoms with van der Waals surface area (Å²) in [7, 11) is 0. The molecule has 1 rings (SSSR count). The van der Waals surface area contributed by atoms with E-state index in [0.29, 0.717) is 0 Å². The maximum Gasteiger partial charge on any atom is 0.223 e. The fraction of sp³-hybridized carbons (Fsp3) is 0.917. The fourth-order valence-corrected chi connectivity index (χ4v) is 1.68.